The van der Waals surface area contributed by atoms with E-state index in [0.717, 1.165) is 37.9 Å². The van der Waals surface area contributed by atoms with Gasteiger partial charge in [0, 0.05) is 50.4 Å². The van der Waals surface area contributed by atoms with Gasteiger partial charge in [0.1, 0.15) is 19.7 Å². The molecule has 1 aromatic carbocycles. The second-order valence-electron chi connectivity index (χ2n) is 6.54. The molecule has 2 saturated heterocycles. The van der Waals surface area contributed by atoms with E-state index in [2.05, 4.69) is 34.1 Å². The van der Waals surface area contributed by atoms with Crippen LogP contribution in [0.1, 0.15) is 19.3 Å². The molecular formula is C18H25N3O3. The first-order valence-electron chi connectivity index (χ1n) is 8.54. The van der Waals surface area contributed by atoms with Gasteiger partial charge in [-0.25, -0.2) is 0 Å². The van der Waals surface area contributed by atoms with Gasteiger partial charge >= 0.3 is 0 Å². The van der Waals surface area contributed by atoms with E-state index in [1.165, 1.54) is 5.69 Å². The summed E-state index contributed by atoms with van der Waals surface area (Å²) in [5.74, 6) is 0.323. The van der Waals surface area contributed by atoms with Crippen molar-refractivity contribution in [3.63, 3.8) is 0 Å². The average molecular weight is 331 g/mol. The number of ether oxygens (including phenoxy) is 1. The highest BCUT2D eigenvalue weighted by molar-refractivity contribution is 5.76. The zero-order chi connectivity index (χ0) is 16.9. The summed E-state index contributed by atoms with van der Waals surface area (Å²) in [4.78, 5) is 28.7. The molecule has 0 radical (unpaired) electrons. The fraction of sp³-hybridized carbons (Fsp3) is 0.556. The molecule has 0 bridgehead atoms. The summed E-state index contributed by atoms with van der Waals surface area (Å²) in [6.45, 7) is 3.33. The molecule has 0 spiro atoms. The molecule has 2 fully saturated rings. The number of rotatable bonds is 3. The normalized spacial score (nSPS) is 20.7. The van der Waals surface area contributed by atoms with Crippen LogP contribution in [0.3, 0.4) is 0 Å². The van der Waals surface area contributed by atoms with Crippen molar-refractivity contribution in [1.82, 2.24) is 4.90 Å². The van der Waals surface area contributed by atoms with Crippen molar-refractivity contribution in [2.24, 2.45) is 5.92 Å². The smallest absolute Gasteiger partial charge is 0.225 e. The molecule has 1 amide bonds. The Kier molecular flexibility index (Phi) is 5.35. The summed E-state index contributed by atoms with van der Waals surface area (Å²) in [6.07, 6.45) is 3.45. The third-order valence-electron chi connectivity index (χ3n) is 4.87. The Morgan fingerprint density at radius 2 is 1.62 bits per heavy atom. The predicted molar refractivity (Wildman–Crippen MR) is 93.0 cm³/mol. The lowest BCUT2D eigenvalue weighted by molar-refractivity contribution is -0.136. The third-order valence-corrected chi connectivity index (χ3v) is 4.87. The van der Waals surface area contributed by atoms with Crippen LogP contribution < -0.4 is 9.80 Å². The van der Waals surface area contributed by atoms with Crippen molar-refractivity contribution < 1.29 is 14.3 Å². The number of anilines is 2. The lowest BCUT2D eigenvalue weighted by Crippen LogP contribution is -2.39. The van der Waals surface area contributed by atoms with Gasteiger partial charge in [0.2, 0.25) is 5.91 Å². The summed E-state index contributed by atoms with van der Waals surface area (Å²) < 4.78 is 5.58. The molecule has 1 aromatic rings. The Morgan fingerprint density at radius 3 is 2.25 bits per heavy atom. The zero-order valence-corrected chi connectivity index (χ0v) is 14.2. The van der Waals surface area contributed by atoms with Gasteiger partial charge in [0.15, 0.2) is 0 Å². The minimum atomic E-state index is 0.106. The van der Waals surface area contributed by atoms with Crippen LogP contribution in [0.4, 0.5) is 11.4 Å². The summed E-state index contributed by atoms with van der Waals surface area (Å²) in [7, 11) is 1.76. The number of amides is 1. The molecule has 0 saturated carbocycles. The van der Waals surface area contributed by atoms with E-state index < -0.39 is 0 Å². The van der Waals surface area contributed by atoms with E-state index in [9.17, 15) is 9.59 Å². The standard InChI is InChI=1S/C18H25N3O3/c1-19-13-24-14-21(11-8-18(19)23)17-4-2-16(3-5-17)20-9-6-15(12-22)7-10-20/h2-5,12,15H,6-11,13-14H2,1H3. The molecule has 6 nitrogen and oxygen atoms in total. The Balaban J connectivity index is 1.61. The SMILES string of the molecule is CN1COCN(c2ccc(N3CCC(C=O)CC3)cc2)CCC1=O. The quantitative estimate of drug-likeness (QED) is 0.789. The predicted octanol–water partition coefficient (Wildman–Crippen LogP) is 1.70. The Morgan fingerprint density at radius 1 is 1.00 bits per heavy atom. The number of nitrogens with zero attached hydrogens (tertiary/aromatic N) is 3. The van der Waals surface area contributed by atoms with Gasteiger partial charge in [-0.15, -0.1) is 0 Å². The third kappa shape index (κ3) is 3.87. The van der Waals surface area contributed by atoms with Crippen LogP contribution in [0.15, 0.2) is 24.3 Å². The Hall–Kier alpha value is -2.08. The lowest BCUT2D eigenvalue weighted by atomic mass is 9.98. The minimum Gasteiger partial charge on any atom is -0.371 e. The van der Waals surface area contributed by atoms with Crippen LogP contribution in [-0.4, -0.2) is 57.2 Å². The summed E-state index contributed by atoms with van der Waals surface area (Å²) in [5, 5.41) is 0. The van der Waals surface area contributed by atoms with Gasteiger partial charge in [-0.05, 0) is 37.1 Å². The highest BCUT2D eigenvalue weighted by atomic mass is 16.5. The number of hydrogen-bond acceptors (Lipinski definition) is 5. The monoisotopic (exact) mass is 331 g/mol. The second-order valence-corrected chi connectivity index (χ2v) is 6.54. The van der Waals surface area contributed by atoms with Crippen molar-refractivity contribution in [3.8, 4) is 0 Å². The van der Waals surface area contributed by atoms with E-state index in [0.29, 0.717) is 26.4 Å². The van der Waals surface area contributed by atoms with E-state index >= 15 is 0 Å². The molecule has 2 aliphatic heterocycles. The Labute approximate surface area is 143 Å². The average Bonchev–Trinajstić information content (AvgIpc) is 2.63. The number of carbonyl (C=O) groups excluding carboxylic acids is 2. The minimum absolute atomic E-state index is 0.106. The molecule has 0 N–H and O–H groups in total. The van der Waals surface area contributed by atoms with E-state index in [1.54, 1.807) is 11.9 Å². The highest BCUT2D eigenvalue weighted by Crippen LogP contribution is 2.25. The fourth-order valence-corrected chi connectivity index (χ4v) is 3.22. The first-order chi connectivity index (χ1) is 11.7. The van der Waals surface area contributed by atoms with Crippen molar-refractivity contribution in [2.75, 3.05) is 49.9 Å². The van der Waals surface area contributed by atoms with Crippen LogP contribution >= 0.6 is 0 Å². The fourth-order valence-electron chi connectivity index (χ4n) is 3.22. The number of aldehydes is 1. The maximum absolute atomic E-state index is 11.8. The van der Waals surface area contributed by atoms with Gasteiger partial charge in [0.25, 0.3) is 0 Å². The van der Waals surface area contributed by atoms with Crippen molar-refractivity contribution >= 4 is 23.6 Å². The molecular weight excluding hydrogens is 306 g/mol. The van der Waals surface area contributed by atoms with Gasteiger partial charge in [-0.3, -0.25) is 4.79 Å². The molecule has 0 unspecified atom stereocenters. The number of hydrogen-bond donors (Lipinski definition) is 0. The van der Waals surface area contributed by atoms with E-state index in [4.69, 9.17) is 4.74 Å². The highest BCUT2D eigenvalue weighted by Gasteiger charge is 2.20. The maximum Gasteiger partial charge on any atom is 0.225 e. The largest absolute Gasteiger partial charge is 0.371 e. The van der Waals surface area contributed by atoms with Gasteiger partial charge in [0.05, 0.1) is 0 Å². The van der Waals surface area contributed by atoms with Crippen molar-refractivity contribution in [1.29, 1.82) is 0 Å². The molecule has 6 heteroatoms. The van der Waals surface area contributed by atoms with Crippen LogP contribution in [-0.2, 0) is 14.3 Å². The molecule has 2 aliphatic rings. The van der Waals surface area contributed by atoms with Crippen LogP contribution in [0, 0.1) is 5.92 Å². The molecule has 24 heavy (non-hydrogen) atoms. The zero-order valence-electron chi connectivity index (χ0n) is 14.2. The molecule has 0 aromatic heterocycles. The summed E-state index contributed by atoms with van der Waals surface area (Å²) in [5.41, 5.74) is 2.26. The topological polar surface area (TPSA) is 53.1 Å². The number of benzene rings is 1. The van der Waals surface area contributed by atoms with Crippen molar-refractivity contribution in [2.45, 2.75) is 19.3 Å². The summed E-state index contributed by atoms with van der Waals surface area (Å²) in [6, 6.07) is 8.40. The maximum atomic E-state index is 11.8. The molecule has 3 rings (SSSR count). The number of carbonyl (C=O) groups is 2. The van der Waals surface area contributed by atoms with Gasteiger partial charge in [-0.1, -0.05) is 0 Å². The molecule has 0 atom stereocenters. The summed E-state index contributed by atoms with van der Waals surface area (Å²) >= 11 is 0. The molecule has 0 aliphatic carbocycles. The van der Waals surface area contributed by atoms with Crippen LogP contribution in [0.25, 0.3) is 0 Å². The van der Waals surface area contributed by atoms with Crippen molar-refractivity contribution in [3.05, 3.63) is 24.3 Å². The Bertz CT molecular complexity index is 567. The van der Waals surface area contributed by atoms with Gasteiger partial charge in [-0.2, -0.15) is 0 Å². The van der Waals surface area contributed by atoms with E-state index in [-0.39, 0.29) is 11.8 Å². The van der Waals surface area contributed by atoms with Gasteiger partial charge < -0.3 is 24.2 Å². The van der Waals surface area contributed by atoms with E-state index in [1.807, 2.05) is 0 Å². The second kappa shape index (κ2) is 7.66. The lowest BCUT2D eigenvalue weighted by Gasteiger charge is -2.32. The van der Waals surface area contributed by atoms with Crippen LogP contribution in [0.2, 0.25) is 0 Å². The molecule has 130 valence electrons. The number of piperidine rings is 1. The first kappa shape index (κ1) is 16.8. The molecule has 2 heterocycles. The first-order valence-corrected chi connectivity index (χ1v) is 8.54. The van der Waals surface area contributed by atoms with Crippen LogP contribution in [0.5, 0.6) is 0 Å².